The van der Waals surface area contributed by atoms with Gasteiger partial charge in [-0.2, -0.15) is 0 Å². The topological polar surface area (TPSA) is 64.8 Å². The Labute approximate surface area is 136 Å². The fourth-order valence-corrected chi connectivity index (χ4v) is 3.61. The molecule has 0 radical (unpaired) electrons. The summed E-state index contributed by atoms with van der Waals surface area (Å²) in [5.41, 5.74) is 5.42. The van der Waals surface area contributed by atoms with Crippen molar-refractivity contribution in [2.45, 2.75) is 71.4 Å². The van der Waals surface area contributed by atoms with Gasteiger partial charge < -0.3 is 19.8 Å². The first-order valence-corrected chi connectivity index (χ1v) is 11.0. The zero-order valence-corrected chi connectivity index (χ0v) is 16.5. The van der Waals surface area contributed by atoms with Gasteiger partial charge in [-0.1, -0.05) is 20.8 Å². The Morgan fingerprint density at radius 3 is 2.14 bits per heavy atom. The van der Waals surface area contributed by atoms with Crippen molar-refractivity contribution < 1.29 is 14.0 Å². The Balaban J connectivity index is 2.76. The van der Waals surface area contributed by atoms with Gasteiger partial charge in [0.25, 0.3) is 0 Å². The number of hydrogen-bond donors (Lipinski definition) is 1. The lowest BCUT2D eigenvalue weighted by Gasteiger charge is -2.39. The molecule has 2 N–H and O–H groups in total. The lowest BCUT2D eigenvalue weighted by atomic mass is 10.1. The van der Waals surface area contributed by atoms with E-state index >= 15 is 0 Å². The summed E-state index contributed by atoms with van der Waals surface area (Å²) < 4.78 is 11.9. The highest BCUT2D eigenvalue weighted by Crippen LogP contribution is 2.39. The van der Waals surface area contributed by atoms with Crippen molar-refractivity contribution in [2.75, 3.05) is 19.6 Å². The van der Waals surface area contributed by atoms with Gasteiger partial charge in [0.15, 0.2) is 8.32 Å². The molecule has 1 rings (SSSR count). The SMILES string of the molecule is CC(C)(C)OC(=O)N1C[C@@H](CN)[C@@H](O[Si](C)(C)C(C)(C)C)C1. The fraction of sp³-hybridized carbons (Fsp3) is 0.938. The molecule has 130 valence electrons. The van der Waals surface area contributed by atoms with Crippen molar-refractivity contribution in [2.24, 2.45) is 11.7 Å². The van der Waals surface area contributed by atoms with Crippen LogP contribution in [0.15, 0.2) is 0 Å². The Morgan fingerprint density at radius 1 is 1.18 bits per heavy atom. The molecule has 1 aliphatic rings. The molecule has 1 aliphatic heterocycles. The maximum absolute atomic E-state index is 12.2. The lowest BCUT2D eigenvalue weighted by Crippen LogP contribution is -2.47. The molecule has 0 aromatic carbocycles. The van der Waals surface area contributed by atoms with Crippen LogP contribution in [0.25, 0.3) is 0 Å². The molecule has 0 saturated carbocycles. The number of nitrogens with two attached hydrogens (primary N) is 1. The predicted molar refractivity (Wildman–Crippen MR) is 92.4 cm³/mol. The standard InChI is InChI=1S/C16H34N2O3Si/c1-15(2,3)20-14(19)18-10-12(9-17)13(11-18)21-22(7,8)16(4,5)6/h12-13H,9-11,17H2,1-8H3/t12-,13+/m1/s1. The molecule has 0 unspecified atom stereocenters. The van der Waals surface area contributed by atoms with E-state index in [2.05, 4.69) is 33.9 Å². The van der Waals surface area contributed by atoms with Crippen LogP contribution in [-0.4, -0.2) is 50.6 Å². The molecule has 0 spiro atoms. The molecule has 0 aliphatic carbocycles. The summed E-state index contributed by atoms with van der Waals surface area (Å²) in [5.74, 6) is 0.182. The number of carbonyl (C=O) groups excluding carboxylic acids is 1. The van der Waals surface area contributed by atoms with Crippen molar-refractivity contribution in [3.05, 3.63) is 0 Å². The Hall–Kier alpha value is -0.593. The molecular weight excluding hydrogens is 296 g/mol. The first kappa shape index (κ1) is 19.5. The van der Waals surface area contributed by atoms with E-state index in [0.717, 1.165) is 0 Å². The van der Waals surface area contributed by atoms with Crippen LogP contribution >= 0.6 is 0 Å². The average Bonchev–Trinajstić information content (AvgIpc) is 2.67. The second-order valence-electron chi connectivity index (χ2n) is 8.80. The number of likely N-dealkylation sites (tertiary alicyclic amines) is 1. The van der Waals surface area contributed by atoms with Crippen LogP contribution in [0.5, 0.6) is 0 Å². The minimum atomic E-state index is -1.87. The van der Waals surface area contributed by atoms with E-state index in [4.69, 9.17) is 14.9 Å². The molecule has 1 amide bonds. The summed E-state index contributed by atoms with van der Waals surface area (Å²) in [4.78, 5) is 14.0. The molecule has 1 fully saturated rings. The van der Waals surface area contributed by atoms with Crippen molar-refractivity contribution in [1.29, 1.82) is 0 Å². The first-order chi connectivity index (χ1) is 9.77. The summed E-state index contributed by atoms with van der Waals surface area (Å²) in [6.07, 6.45) is -0.259. The van der Waals surface area contributed by atoms with E-state index in [9.17, 15) is 4.79 Å². The molecule has 1 saturated heterocycles. The summed E-state index contributed by atoms with van der Waals surface area (Å²) in [6, 6.07) is 0. The van der Waals surface area contributed by atoms with Crippen LogP contribution in [0.2, 0.25) is 18.1 Å². The van der Waals surface area contributed by atoms with Crippen LogP contribution in [0.4, 0.5) is 4.79 Å². The number of rotatable bonds is 3. The van der Waals surface area contributed by atoms with Gasteiger partial charge in [-0.05, 0) is 45.4 Å². The first-order valence-electron chi connectivity index (χ1n) is 8.12. The molecule has 1 heterocycles. The van der Waals surface area contributed by atoms with Crippen molar-refractivity contribution >= 4 is 14.4 Å². The third-order valence-corrected chi connectivity index (χ3v) is 9.09. The average molecular weight is 331 g/mol. The minimum Gasteiger partial charge on any atom is -0.444 e. The van der Waals surface area contributed by atoms with Crippen LogP contribution in [0.3, 0.4) is 0 Å². The van der Waals surface area contributed by atoms with Crippen LogP contribution < -0.4 is 5.73 Å². The van der Waals surface area contributed by atoms with E-state index < -0.39 is 13.9 Å². The number of hydrogen-bond acceptors (Lipinski definition) is 4. The maximum Gasteiger partial charge on any atom is 0.410 e. The van der Waals surface area contributed by atoms with Crippen molar-refractivity contribution in [3.63, 3.8) is 0 Å². The smallest absolute Gasteiger partial charge is 0.410 e. The third-order valence-electron chi connectivity index (χ3n) is 4.59. The van der Waals surface area contributed by atoms with E-state index in [-0.39, 0.29) is 23.2 Å². The van der Waals surface area contributed by atoms with Gasteiger partial charge in [-0.25, -0.2) is 4.79 Å². The number of carbonyl (C=O) groups is 1. The summed E-state index contributed by atoms with van der Waals surface area (Å²) >= 11 is 0. The van der Waals surface area contributed by atoms with Gasteiger partial charge in [0, 0.05) is 19.0 Å². The summed E-state index contributed by atoms with van der Waals surface area (Å²) in [6.45, 7) is 18.5. The highest BCUT2D eigenvalue weighted by atomic mass is 28.4. The van der Waals surface area contributed by atoms with E-state index in [1.54, 1.807) is 4.90 Å². The fourth-order valence-electron chi connectivity index (χ4n) is 2.23. The van der Waals surface area contributed by atoms with Crippen molar-refractivity contribution in [1.82, 2.24) is 4.90 Å². The summed E-state index contributed by atoms with van der Waals surface area (Å²) in [7, 11) is -1.87. The molecule has 2 atom stereocenters. The minimum absolute atomic E-state index is 0.0124. The van der Waals surface area contributed by atoms with Crippen LogP contribution in [-0.2, 0) is 9.16 Å². The maximum atomic E-state index is 12.2. The number of nitrogens with zero attached hydrogens (tertiary/aromatic N) is 1. The molecular formula is C16H34N2O3Si. The molecule has 5 nitrogen and oxygen atoms in total. The van der Waals surface area contributed by atoms with Crippen molar-refractivity contribution in [3.8, 4) is 0 Å². The third kappa shape index (κ3) is 4.96. The molecule has 6 heteroatoms. The summed E-state index contributed by atoms with van der Waals surface area (Å²) in [5, 5.41) is 0.144. The monoisotopic (exact) mass is 330 g/mol. The van der Waals surface area contributed by atoms with Gasteiger partial charge in [-0.15, -0.1) is 0 Å². The van der Waals surface area contributed by atoms with Gasteiger partial charge in [0.05, 0.1) is 6.10 Å². The van der Waals surface area contributed by atoms with E-state index in [0.29, 0.717) is 19.6 Å². The highest BCUT2D eigenvalue weighted by Gasteiger charge is 2.44. The highest BCUT2D eigenvalue weighted by molar-refractivity contribution is 6.74. The van der Waals surface area contributed by atoms with Crippen LogP contribution in [0.1, 0.15) is 41.5 Å². The largest absolute Gasteiger partial charge is 0.444 e. The van der Waals surface area contributed by atoms with Gasteiger partial charge in [-0.3, -0.25) is 0 Å². The molecule has 0 aromatic rings. The van der Waals surface area contributed by atoms with Gasteiger partial charge in [0.2, 0.25) is 0 Å². The number of amides is 1. The van der Waals surface area contributed by atoms with Gasteiger partial charge >= 0.3 is 6.09 Å². The molecule has 22 heavy (non-hydrogen) atoms. The Bertz CT molecular complexity index is 399. The lowest BCUT2D eigenvalue weighted by molar-refractivity contribution is 0.0272. The van der Waals surface area contributed by atoms with Gasteiger partial charge in [0.1, 0.15) is 5.60 Å². The van der Waals surface area contributed by atoms with E-state index in [1.807, 2.05) is 20.8 Å². The molecule has 0 aromatic heterocycles. The second-order valence-corrected chi connectivity index (χ2v) is 13.6. The predicted octanol–water partition coefficient (Wildman–Crippen LogP) is 3.20. The quantitative estimate of drug-likeness (QED) is 0.807. The Morgan fingerprint density at radius 2 is 1.73 bits per heavy atom. The second kappa shape index (κ2) is 6.49. The zero-order valence-electron chi connectivity index (χ0n) is 15.5. The van der Waals surface area contributed by atoms with E-state index in [1.165, 1.54) is 0 Å². The van der Waals surface area contributed by atoms with Crippen LogP contribution in [0, 0.1) is 5.92 Å². The Kier molecular flexibility index (Phi) is 5.74. The zero-order chi connectivity index (χ0) is 17.3. The normalized spacial score (nSPS) is 23.8. The number of ether oxygens (including phenoxy) is 1. The molecule has 0 bridgehead atoms.